The highest BCUT2D eigenvalue weighted by atomic mass is 79.9. The molecule has 6 nitrogen and oxygen atoms in total. The third kappa shape index (κ3) is 4.35. The number of hydrogen-bond donors (Lipinski definition) is 1. The molecule has 3 aromatic rings. The van der Waals surface area contributed by atoms with Gasteiger partial charge in [-0.2, -0.15) is 10.1 Å². The fraction of sp³-hybridized carbons (Fsp3) is 0.250. The van der Waals surface area contributed by atoms with E-state index in [9.17, 15) is 4.79 Å². The van der Waals surface area contributed by atoms with Gasteiger partial charge in [-0.05, 0) is 36.1 Å². The smallest absolute Gasteiger partial charge is 0.252 e. The van der Waals surface area contributed by atoms with Gasteiger partial charge in [-0.3, -0.25) is 4.79 Å². The Labute approximate surface area is 142 Å². The summed E-state index contributed by atoms with van der Waals surface area (Å²) in [5.41, 5.74) is 2.08. The number of aryl methyl sites for hydroxylation is 1. The van der Waals surface area contributed by atoms with Crippen LogP contribution in [0.1, 0.15) is 17.5 Å². The number of halogens is 1. The van der Waals surface area contributed by atoms with Crippen molar-refractivity contribution in [1.29, 1.82) is 0 Å². The van der Waals surface area contributed by atoms with Gasteiger partial charge in [0.25, 0.3) is 5.78 Å². The maximum absolute atomic E-state index is 11.9. The van der Waals surface area contributed by atoms with Crippen molar-refractivity contribution >= 4 is 27.6 Å². The van der Waals surface area contributed by atoms with Crippen molar-refractivity contribution in [2.24, 2.45) is 0 Å². The molecule has 1 aromatic carbocycles. The third-order valence-corrected chi connectivity index (χ3v) is 3.96. The van der Waals surface area contributed by atoms with E-state index in [4.69, 9.17) is 0 Å². The first-order valence-electron chi connectivity index (χ1n) is 7.36. The molecule has 0 saturated carbocycles. The minimum absolute atomic E-state index is 0.0391. The lowest BCUT2D eigenvalue weighted by Crippen LogP contribution is -2.26. The quantitative estimate of drug-likeness (QED) is 0.672. The molecule has 2 aromatic heterocycles. The Morgan fingerprint density at radius 3 is 2.83 bits per heavy atom. The zero-order valence-electron chi connectivity index (χ0n) is 12.4. The van der Waals surface area contributed by atoms with E-state index < -0.39 is 0 Å². The van der Waals surface area contributed by atoms with E-state index in [2.05, 4.69) is 36.3 Å². The Balaban J connectivity index is 1.42. The molecule has 23 heavy (non-hydrogen) atoms. The van der Waals surface area contributed by atoms with E-state index in [1.807, 2.05) is 30.5 Å². The minimum Gasteiger partial charge on any atom is -0.356 e. The Morgan fingerprint density at radius 2 is 2.00 bits per heavy atom. The van der Waals surface area contributed by atoms with Gasteiger partial charge in [0.05, 0.1) is 6.42 Å². The Morgan fingerprint density at radius 1 is 1.17 bits per heavy atom. The fourth-order valence-corrected chi connectivity index (χ4v) is 2.52. The molecule has 7 heteroatoms. The minimum atomic E-state index is 0.0391. The van der Waals surface area contributed by atoms with E-state index >= 15 is 0 Å². The Hall–Kier alpha value is -2.28. The molecule has 2 heterocycles. The first-order chi connectivity index (χ1) is 11.2. The summed E-state index contributed by atoms with van der Waals surface area (Å²) in [4.78, 5) is 20.1. The number of aromatic nitrogens is 4. The van der Waals surface area contributed by atoms with E-state index in [1.165, 1.54) is 6.33 Å². The zero-order chi connectivity index (χ0) is 16.1. The van der Waals surface area contributed by atoms with Crippen molar-refractivity contribution in [2.45, 2.75) is 19.3 Å². The molecule has 0 saturated heterocycles. The Kier molecular flexibility index (Phi) is 4.97. The highest BCUT2D eigenvalue weighted by Crippen LogP contribution is 2.10. The summed E-state index contributed by atoms with van der Waals surface area (Å²) in [6.45, 7) is 0.644. The number of carbonyl (C=O) groups is 1. The maximum atomic E-state index is 11.9. The van der Waals surface area contributed by atoms with E-state index in [0.717, 1.165) is 28.4 Å². The molecule has 0 bridgehead atoms. The molecular formula is C16H16BrN5O. The van der Waals surface area contributed by atoms with Crippen molar-refractivity contribution in [3.8, 4) is 0 Å². The van der Waals surface area contributed by atoms with Crippen LogP contribution < -0.4 is 5.32 Å². The average Bonchev–Trinajstić information content (AvgIpc) is 3.01. The molecule has 3 rings (SSSR count). The topological polar surface area (TPSA) is 72.2 Å². The van der Waals surface area contributed by atoms with Crippen molar-refractivity contribution in [3.05, 3.63) is 58.6 Å². The molecule has 0 radical (unpaired) electrons. The van der Waals surface area contributed by atoms with Crippen LogP contribution in [0.5, 0.6) is 0 Å². The molecule has 1 N–H and O–H groups in total. The van der Waals surface area contributed by atoms with Gasteiger partial charge in [0.15, 0.2) is 0 Å². The average molecular weight is 374 g/mol. The molecule has 0 aliphatic rings. The lowest BCUT2D eigenvalue weighted by Gasteiger charge is -2.06. The first-order valence-corrected chi connectivity index (χ1v) is 8.15. The number of nitrogens with one attached hydrogen (secondary N) is 1. The summed E-state index contributed by atoms with van der Waals surface area (Å²) < 4.78 is 2.67. The molecule has 118 valence electrons. The lowest BCUT2D eigenvalue weighted by molar-refractivity contribution is -0.120. The standard InChI is InChI=1S/C16H16BrN5O/c17-14-5-3-12(4-6-14)8-15(23)18-7-1-2-13-9-19-16-20-11-21-22(16)10-13/h3-6,9-11H,1-2,7-8H2,(H,18,23). The third-order valence-electron chi connectivity index (χ3n) is 3.43. The molecule has 0 aliphatic carbocycles. The van der Waals surface area contributed by atoms with Gasteiger partial charge in [0, 0.05) is 23.4 Å². The van der Waals surface area contributed by atoms with Crippen molar-refractivity contribution in [1.82, 2.24) is 24.9 Å². The van der Waals surface area contributed by atoms with Gasteiger partial charge in [0.1, 0.15) is 6.33 Å². The van der Waals surface area contributed by atoms with Crippen molar-refractivity contribution in [2.75, 3.05) is 6.54 Å². The maximum Gasteiger partial charge on any atom is 0.252 e. The highest BCUT2D eigenvalue weighted by molar-refractivity contribution is 9.10. The van der Waals surface area contributed by atoms with E-state index in [1.54, 1.807) is 10.7 Å². The van der Waals surface area contributed by atoms with Crippen LogP contribution in [0, 0.1) is 0 Å². The van der Waals surface area contributed by atoms with Crippen LogP contribution in [0.4, 0.5) is 0 Å². The second kappa shape index (κ2) is 7.32. The van der Waals surface area contributed by atoms with Crippen LogP contribution >= 0.6 is 15.9 Å². The van der Waals surface area contributed by atoms with Crippen LogP contribution in [-0.4, -0.2) is 32.0 Å². The number of fused-ring (bicyclic) bond motifs is 1. The summed E-state index contributed by atoms with van der Waals surface area (Å²) >= 11 is 3.38. The van der Waals surface area contributed by atoms with Crippen molar-refractivity contribution in [3.63, 3.8) is 0 Å². The predicted octanol–water partition coefficient (Wildman–Crippen LogP) is 2.18. The molecule has 1 amide bonds. The molecule has 0 unspecified atom stereocenters. The highest BCUT2D eigenvalue weighted by Gasteiger charge is 2.04. The lowest BCUT2D eigenvalue weighted by atomic mass is 10.1. The van der Waals surface area contributed by atoms with Gasteiger partial charge in [-0.15, -0.1) is 0 Å². The summed E-state index contributed by atoms with van der Waals surface area (Å²) in [5.74, 6) is 0.633. The number of nitrogens with zero attached hydrogens (tertiary/aromatic N) is 4. The number of rotatable bonds is 6. The summed E-state index contributed by atoms with van der Waals surface area (Å²) in [7, 11) is 0. The normalized spacial score (nSPS) is 10.8. The van der Waals surface area contributed by atoms with Gasteiger partial charge >= 0.3 is 0 Å². The van der Waals surface area contributed by atoms with Crippen LogP contribution in [0.3, 0.4) is 0 Å². The van der Waals surface area contributed by atoms with Gasteiger partial charge in [0.2, 0.25) is 5.91 Å². The van der Waals surface area contributed by atoms with Gasteiger partial charge in [-0.25, -0.2) is 9.50 Å². The van der Waals surface area contributed by atoms with Crippen LogP contribution in [0.15, 0.2) is 47.5 Å². The second-order valence-corrected chi connectivity index (χ2v) is 6.14. The molecule has 0 atom stereocenters. The Bertz CT molecular complexity index is 800. The molecule has 0 aliphatic heterocycles. The van der Waals surface area contributed by atoms with Crippen LogP contribution in [0.2, 0.25) is 0 Å². The van der Waals surface area contributed by atoms with Crippen LogP contribution in [-0.2, 0) is 17.6 Å². The summed E-state index contributed by atoms with van der Waals surface area (Å²) in [6, 6.07) is 7.77. The zero-order valence-corrected chi connectivity index (χ0v) is 14.0. The molecule has 0 fully saturated rings. The number of hydrogen-bond acceptors (Lipinski definition) is 4. The summed E-state index contributed by atoms with van der Waals surface area (Å²) in [5, 5.41) is 7.00. The van der Waals surface area contributed by atoms with Gasteiger partial charge in [-0.1, -0.05) is 28.1 Å². The first kappa shape index (κ1) is 15.6. The molecular weight excluding hydrogens is 358 g/mol. The summed E-state index contributed by atoms with van der Waals surface area (Å²) in [6.07, 6.45) is 7.29. The van der Waals surface area contributed by atoms with Crippen molar-refractivity contribution < 1.29 is 4.79 Å². The van der Waals surface area contributed by atoms with Crippen LogP contribution in [0.25, 0.3) is 5.78 Å². The van der Waals surface area contributed by atoms with E-state index in [-0.39, 0.29) is 5.91 Å². The number of carbonyl (C=O) groups excluding carboxylic acids is 1. The number of amides is 1. The SMILES string of the molecule is O=C(Cc1ccc(Br)cc1)NCCCc1cnc2ncnn2c1. The fourth-order valence-electron chi connectivity index (χ4n) is 2.26. The van der Waals surface area contributed by atoms with Gasteiger partial charge < -0.3 is 5.32 Å². The van der Waals surface area contributed by atoms with E-state index in [0.29, 0.717) is 18.7 Å². The second-order valence-electron chi connectivity index (χ2n) is 5.22. The molecule has 0 spiro atoms. The largest absolute Gasteiger partial charge is 0.356 e. The predicted molar refractivity (Wildman–Crippen MR) is 90.0 cm³/mol. The monoisotopic (exact) mass is 373 g/mol. The number of benzene rings is 1.